The van der Waals surface area contributed by atoms with Crippen LogP contribution in [0.25, 0.3) is 37.2 Å². The molecule has 5 aromatic carbocycles. The Labute approximate surface area is 216 Å². The number of nitrogens with zero attached hydrogens (tertiary/aromatic N) is 2. The van der Waals surface area contributed by atoms with Crippen molar-refractivity contribution < 1.29 is 0 Å². The van der Waals surface area contributed by atoms with Crippen LogP contribution in [0.2, 0.25) is 0 Å². The second-order valence-corrected chi connectivity index (χ2v) is 10.6. The lowest BCUT2D eigenvalue weighted by Crippen LogP contribution is -2.28. The predicted octanol–water partition coefficient (Wildman–Crippen LogP) is 7.43. The zero-order chi connectivity index (χ0) is 24.6. The number of aromatic nitrogens is 2. The van der Waals surface area contributed by atoms with E-state index >= 15 is 0 Å². The second-order valence-electron chi connectivity index (χ2n) is 9.55. The smallest absolute Gasteiger partial charge is 0.266 e. The molecule has 3 nitrogen and oxygen atoms in total. The minimum Gasteiger partial charge on any atom is -0.268 e. The van der Waals surface area contributed by atoms with Crippen LogP contribution in [-0.2, 0) is 5.41 Å². The summed E-state index contributed by atoms with van der Waals surface area (Å²) in [6, 6.07) is 42.3. The number of hydrogen-bond donors (Lipinski definition) is 0. The number of para-hydroxylation sites is 2. The first-order valence-corrected chi connectivity index (χ1v) is 13.2. The van der Waals surface area contributed by atoms with Crippen molar-refractivity contribution >= 4 is 37.4 Å². The van der Waals surface area contributed by atoms with Gasteiger partial charge in [-0.2, -0.15) is 0 Å². The summed E-state index contributed by atoms with van der Waals surface area (Å²) in [6.45, 7) is 0. The quantitative estimate of drug-likeness (QED) is 0.252. The highest BCUT2D eigenvalue weighted by Crippen LogP contribution is 2.56. The van der Waals surface area contributed by atoms with Crippen LogP contribution in [0.3, 0.4) is 0 Å². The fourth-order valence-electron chi connectivity index (χ4n) is 6.21. The third-order valence-corrected chi connectivity index (χ3v) is 8.74. The molecule has 4 heteroatoms. The van der Waals surface area contributed by atoms with Gasteiger partial charge in [-0.1, -0.05) is 108 Å². The van der Waals surface area contributed by atoms with E-state index in [1.807, 2.05) is 24.3 Å². The molecule has 37 heavy (non-hydrogen) atoms. The van der Waals surface area contributed by atoms with Gasteiger partial charge in [0.15, 0.2) is 4.96 Å². The zero-order valence-corrected chi connectivity index (χ0v) is 20.6. The van der Waals surface area contributed by atoms with E-state index in [2.05, 4.69) is 97.1 Å². The molecule has 1 aliphatic carbocycles. The Bertz CT molecular complexity index is 2020. The number of hydrogen-bond acceptors (Lipinski definition) is 3. The Kier molecular flexibility index (Phi) is 4.17. The van der Waals surface area contributed by atoms with Crippen LogP contribution in [0.15, 0.2) is 126 Å². The Morgan fingerprint density at radius 2 is 1.30 bits per heavy atom. The van der Waals surface area contributed by atoms with Crippen molar-refractivity contribution in [1.82, 2.24) is 9.38 Å². The molecular weight excluding hydrogens is 472 g/mol. The normalized spacial score (nSPS) is 13.7. The van der Waals surface area contributed by atoms with E-state index < -0.39 is 5.41 Å². The Balaban J connectivity index is 1.56. The molecule has 0 amide bonds. The molecule has 0 atom stereocenters. The van der Waals surface area contributed by atoms with Crippen LogP contribution in [0.4, 0.5) is 0 Å². The maximum absolute atomic E-state index is 13.9. The van der Waals surface area contributed by atoms with E-state index in [0.717, 1.165) is 31.6 Å². The van der Waals surface area contributed by atoms with Crippen molar-refractivity contribution in [2.75, 3.05) is 0 Å². The lowest BCUT2D eigenvalue weighted by atomic mass is 9.68. The van der Waals surface area contributed by atoms with E-state index in [-0.39, 0.29) is 5.56 Å². The first-order valence-electron chi connectivity index (χ1n) is 12.4. The molecule has 8 rings (SSSR count). The van der Waals surface area contributed by atoms with Gasteiger partial charge in [0.2, 0.25) is 0 Å². The van der Waals surface area contributed by atoms with Gasteiger partial charge in [0.25, 0.3) is 5.56 Å². The van der Waals surface area contributed by atoms with E-state index in [9.17, 15) is 4.79 Å². The Hall–Kier alpha value is -4.54. The first kappa shape index (κ1) is 20.6. The zero-order valence-electron chi connectivity index (χ0n) is 19.8. The molecule has 2 aromatic heterocycles. The average molecular weight is 493 g/mol. The third-order valence-electron chi connectivity index (χ3n) is 7.72. The van der Waals surface area contributed by atoms with E-state index in [0.29, 0.717) is 0 Å². The summed E-state index contributed by atoms with van der Waals surface area (Å²) in [4.78, 5) is 19.4. The molecule has 0 spiro atoms. The van der Waals surface area contributed by atoms with Crippen molar-refractivity contribution in [1.29, 1.82) is 0 Å². The van der Waals surface area contributed by atoms with Gasteiger partial charge >= 0.3 is 0 Å². The van der Waals surface area contributed by atoms with Gasteiger partial charge in [-0.3, -0.25) is 4.79 Å². The summed E-state index contributed by atoms with van der Waals surface area (Å²) < 4.78 is 2.72. The van der Waals surface area contributed by atoms with Gasteiger partial charge in [-0.25, -0.2) is 9.38 Å². The lowest BCUT2D eigenvalue weighted by Gasteiger charge is -2.33. The number of fused-ring (bicyclic) bond motifs is 7. The molecule has 2 heterocycles. The highest BCUT2D eigenvalue weighted by molar-refractivity contribution is 7.23. The molecular formula is C33H20N2OS. The van der Waals surface area contributed by atoms with Gasteiger partial charge < -0.3 is 0 Å². The van der Waals surface area contributed by atoms with Crippen molar-refractivity contribution in [2.45, 2.75) is 5.41 Å². The summed E-state index contributed by atoms with van der Waals surface area (Å²) in [5, 5.41) is 0.728. The van der Waals surface area contributed by atoms with Crippen molar-refractivity contribution in [3.05, 3.63) is 154 Å². The molecule has 0 aliphatic heterocycles. The highest BCUT2D eigenvalue weighted by atomic mass is 32.1. The van der Waals surface area contributed by atoms with E-state index in [1.54, 1.807) is 15.7 Å². The molecule has 7 aromatic rings. The SMILES string of the molecule is O=c1c2cc3c(cc2sc2nc4ccccc4n12)C(c1ccccc1)(c1ccccc1)c1ccccc1-3. The Morgan fingerprint density at radius 1 is 0.649 bits per heavy atom. The third kappa shape index (κ3) is 2.65. The maximum atomic E-state index is 13.9. The molecule has 0 N–H and O–H groups in total. The molecule has 0 fully saturated rings. The van der Waals surface area contributed by atoms with Crippen molar-refractivity contribution in [2.24, 2.45) is 0 Å². The summed E-state index contributed by atoms with van der Waals surface area (Å²) in [7, 11) is 0. The molecule has 174 valence electrons. The predicted molar refractivity (Wildman–Crippen MR) is 152 cm³/mol. The van der Waals surface area contributed by atoms with Crippen LogP contribution in [0, 0.1) is 0 Å². The van der Waals surface area contributed by atoms with E-state index in [1.165, 1.54) is 27.8 Å². The standard InChI is InChI=1S/C33H20N2OS/c36-31-25-19-24-23-15-7-8-16-26(23)33(21-11-3-1-4-12-21,22-13-5-2-6-14-22)27(24)20-30(25)37-32-34-28-17-9-10-18-29(28)35(31)32/h1-20H. The van der Waals surface area contributed by atoms with Crippen molar-refractivity contribution in [3.63, 3.8) is 0 Å². The molecule has 0 radical (unpaired) electrons. The summed E-state index contributed by atoms with van der Waals surface area (Å²) in [5.41, 5.74) is 8.35. The van der Waals surface area contributed by atoms with Gasteiger partial charge in [-0.05, 0) is 57.6 Å². The number of rotatable bonds is 2. The first-order chi connectivity index (χ1) is 18.3. The van der Waals surface area contributed by atoms with E-state index in [4.69, 9.17) is 4.98 Å². The minimum atomic E-state index is -0.481. The van der Waals surface area contributed by atoms with Crippen LogP contribution >= 0.6 is 11.3 Å². The number of imidazole rings is 1. The maximum Gasteiger partial charge on any atom is 0.266 e. The Morgan fingerprint density at radius 3 is 2.05 bits per heavy atom. The average Bonchev–Trinajstić information content (AvgIpc) is 3.47. The fraction of sp³-hybridized carbons (Fsp3) is 0.0303. The molecule has 0 bridgehead atoms. The lowest BCUT2D eigenvalue weighted by molar-refractivity contribution is 0.769. The van der Waals surface area contributed by atoms with Crippen LogP contribution in [0.1, 0.15) is 22.3 Å². The van der Waals surface area contributed by atoms with Crippen LogP contribution < -0.4 is 5.56 Å². The molecule has 1 aliphatic rings. The van der Waals surface area contributed by atoms with Gasteiger partial charge in [-0.15, -0.1) is 0 Å². The van der Waals surface area contributed by atoms with Crippen LogP contribution in [0.5, 0.6) is 0 Å². The topological polar surface area (TPSA) is 34.4 Å². The second kappa shape index (κ2) is 7.48. The highest BCUT2D eigenvalue weighted by Gasteiger charge is 2.46. The monoisotopic (exact) mass is 492 g/mol. The fourth-order valence-corrected chi connectivity index (χ4v) is 7.25. The molecule has 0 saturated carbocycles. The van der Waals surface area contributed by atoms with Gasteiger partial charge in [0, 0.05) is 4.70 Å². The summed E-state index contributed by atoms with van der Waals surface area (Å²) in [6.07, 6.45) is 0. The number of benzene rings is 5. The van der Waals surface area contributed by atoms with Gasteiger partial charge in [0.1, 0.15) is 0 Å². The summed E-state index contributed by atoms with van der Waals surface area (Å²) in [5.74, 6) is 0. The summed E-state index contributed by atoms with van der Waals surface area (Å²) >= 11 is 1.58. The van der Waals surface area contributed by atoms with Gasteiger partial charge in [0.05, 0.1) is 21.8 Å². The molecule has 0 unspecified atom stereocenters. The van der Waals surface area contributed by atoms with Crippen molar-refractivity contribution in [3.8, 4) is 11.1 Å². The molecule has 0 saturated heterocycles. The minimum absolute atomic E-state index is 0.0188. The largest absolute Gasteiger partial charge is 0.268 e. The van der Waals surface area contributed by atoms with Crippen LogP contribution in [-0.4, -0.2) is 9.38 Å².